The predicted molar refractivity (Wildman–Crippen MR) is 60.3 cm³/mol. The molecule has 0 spiro atoms. The quantitative estimate of drug-likeness (QED) is 0.855. The van der Waals surface area contributed by atoms with Crippen molar-refractivity contribution in [3.63, 3.8) is 0 Å². The van der Waals surface area contributed by atoms with Crippen LogP contribution in [-0.4, -0.2) is 23.3 Å². The number of methoxy groups -OCH3 is 1. The van der Waals surface area contributed by atoms with Crippen molar-refractivity contribution in [2.24, 2.45) is 0 Å². The summed E-state index contributed by atoms with van der Waals surface area (Å²) in [4.78, 5) is 10.6. The number of phenols is 1. The van der Waals surface area contributed by atoms with Gasteiger partial charge in [0.05, 0.1) is 18.6 Å². The molecule has 0 fully saturated rings. The Kier molecular flexibility index (Phi) is 4.01. The lowest BCUT2D eigenvalue weighted by atomic mass is 9.96. The molecule has 1 rings (SSSR count). The smallest absolute Gasteiger partial charge is 0.303 e. The number of carbonyl (C=O) groups is 1. The molecule has 0 aliphatic rings. The molecule has 4 nitrogen and oxygen atoms in total. The van der Waals surface area contributed by atoms with Crippen molar-refractivity contribution in [1.29, 1.82) is 0 Å². The third-order valence-electron chi connectivity index (χ3n) is 2.33. The van der Waals surface area contributed by atoms with Crippen molar-refractivity contribution in [1.82, 2.24) is 0 Å². The maximum Gasteiger partial charge on any atom is 0.303 e. The number of carboxylic acids is 1. The van der Waals surface area contributed by atoms with Crippen molar-refractivity contribution in [3.8, 4) is 11.5 Å². The molecule has 0 saturated heterocycles. The molecular weight excluding hydrogens is 232 g/mol. The molecule has 88 valence electrons. The SMILES string of the molecule is COc1c(Cl)ccc(C(C)CC(=O)O)c1O. The number of phenolic OH excluding ortho intramolecular Hbond substituents is 1. The number of aromatic hydroxyl groups is 1. The van der Waals surface area contributed by atoms with Crippen molar-refractivity contribution >= 4 is 17.6 Å². The Balaban J connectivity index is 3.10. The summed E-state index contributed by atoms with van der Waals surface area (Å²) in [5, 5.41) is 18.8. The standard InChI is InChI=1S/C11H13ClO4/c1-6(5-9(13)14)7-3-4-8(12)11(16-2)10(7)15/h3-4,6,15H,5H2,1-2H3,(H,13,14). The first-order chi connectivity index (χ1) is 7.47. The highest BCUT2D eigenvalue weighted by Gasteiger charge is 2.18. The van der Waals surface area contributed by atoms with Gasteiger partial charge in [0.1, 0.15) is 0 Å². The van der Waals surface area contributed by atoms with Crippen LogP contribution in [0, 0.1) is 0 Å². The minimum atomic E-state index is -0.916. The maximum absolute atomic E-state index is 10.6. The topological polar surface area (TPSA) is 66.8 Å². The first-order valence-corrected chi connectivity index (χ1v) is 5.12. The van der Waals surface area contributed by atoms with Crippen molar-refractivity contribution < 1.29 is 19.7 Å². The molecule has 1 aromatic carbocycles. The molecule has 0 radical (unpaired) electrons. The van der Waals surface area contributed by atoms with E-state index in [0.29, 0.717) is 10.6 Å². The summed E-state index contributed by atoms with van der Waals surface area (Å²) >= 11 is 5.81. The molecule has 0 amide bonds. The number of hydrogen-bond acceptors (Lipinski definition) is 3. The fourth-order valence-corrected chi connectivity index (χ4v) is 1.76. The van der Waals surface area contributed by atoms with E-state index in [4.69, 9.17) is 21.4 Å². The number of hydrogen-bond donors (Lipinski definition) is 2. The molecule has 0 aliphatic heterocycles. The van der Waals surface area contributed by atoms with Crippen LogP contribution < -0.4 is 4.74 Å². The third-order valence-corrected chi connectivity index (χ3v) is 2.63. The maximum atomic E-state index is 10.6. The van der Waals surface area contributed by atoms with Gasteiger partial charge in [-0.1, -0.05) is 24.6 Å². The van der Waals surface area contributed by atoms with Gasteiger partial charge in [0, 0.05) is 5.56 Å². The molecule has 1 aromatic rings. The minimum absolute atomic E-state index is 0.0572. The first kappa shape index (κ1) is 12.6. The van der Waals surface area contributed by atoms with E-state index < -0.39 is 5.97 Å². The van der Waals surface area contributed by atoms with Crippen LogP contribution in [0.1, 0.15) is 24.8 Å². The number of halogens is 1. The monoisotopic (exact) mass is 244 g/mol. The largest absolute Gasteiger partial charge is 0.504 e. The number of ether oxygens (including phenoxy) is 1. The van der Waals surface area contributed by atoms with Crippen LogP contribution in [0.15, 0.2) is 12.1 Å². The van der Waals surface area contributed by atoms with Crippen LogP contribution in [0.3, 0.4) is 0 Å². The highest BCUT2D eigenvalue weighted by atomic mass is 35.5. The Morgan fingerprint density at radius 2 is 2.19 bits per heavy atom. The van der Waals surface area contributed by atoms with E-state index in [9.17, 15) is 9.90 Å². The number of aliphatic carboxylic acids is 1. The molecule has 16 heavy (non-hydrogen) atoms. The average molecular weight is 245 g/mol. The molecule has 0 saturated carbocycles. The van der Waals surface area contributed by atoms with E-state index >= 15 is 0 Å². The molecule has 5 heteroatoms. The molecule has 1 unspecified atom stereocenters. The van der Waals surface area contributed by atoms with Crippen molar-refractivity contribution in [2.45, 2.75) is 19.3 Å². The normalized spacial score (nSPS) is 12.2. The lowest BCUT2D eigenvalue weighted by Crippen LogP contribution is -2.03. The molecule has 1 atom stereocenters. The fraction of sp³-hybridized carbons (Fsp3) is 0.364. The zero-order chi connectivity index (χ0) is 12.3. The zero-order valence-corrected chi connectivity index (χ0v) is 9.78. The van der Waals surface area contributed by atoms with Gasteiger partial charge < -0.3 is 14.9 Å². The van der Waals surface area contributed by atoms with E-state index in [-0.39, 0.29) is 23.8 Å². The second-order valence-corrected chi connectivity index (χ2v) is 3.92. The summed E-state index contributed by atoms with van der Waals surface area (Å²) in [6.45, 7) is 1.72. The Labute approximate surface area is 98.4 Å². The first-order valence-electron chi connectivity index (χ1n) is 4.74. The summed E-state index contributed by atoms with van der Waals surface area (Å²) in [7, 11) is 1.40. The van der Waals surface area contributed by atoms with E-state index in [1.54, 1.807) is 19.1 Å². The van der Waals surface area contributed by atoms with Crippen LogP contribution >= 0.6 is 11.6 Å². The van der Waals surface area contributed by atoms with Crippen LogP contribution in [-0.2, 0) is 4.79 Å². The molecular formula is C11H13ClO4. The van der Waals surface area contributed by atoms with Gasteiger partial charge in [-0.2, -0.15) is 0 Å². The zero-order valence-electron chi connectivity index (χ0n) is 9.03. The van der Waals surface area contributed by atoms with Gasteiger partial charge in [0.25, 0.3) is 0 Å². The summed E-state index contributed by atoms with van der Waals surface area (Å²) in [6.07, 6.45) is -0.0572. The Hall–Kier alpha value is -1.42. The number of carboxylic acid groups (broad SMARTS) is 1. The van der Waals surface area contributed by atoms with Crippen LogP contribution in [0.25, 0.3) is 0 Å². The molecule has 0 aliphatic carbocycles. The molecule has 0 heterocycles. The Bertz CT molecular complexity index is 403. The van der Waals surface area contributed by atoms with Gasteiger partial charge in [0.2, 0.25) is 0 Å². The highest BCUT2D eigenvalue weighted by molar-refractivity contribution is 6.32. The number of rotatable bonds is 4. The second-order valence-electron chi connectivity index (χ2n) is 3.52. The minimum Gasteiger partial charge on any atom is -0.504 e. The predicted octanol–water partition coefficient (Wildman–Crippen LogP) is 2.63. The second kappa shape index (κ2) is 5.07. The fourth-order valence-electron chi connectivity index (χ4n) is 1.53. The Morgan fingerprint density at radius 1 is 1.56 bits per heavy atom. The molecule has 2 N–H and O–H groups in total. The van der Waals surface area contributed by atoms with Crippen LogP contribution in [0.4, 0.5) is 0 Å². The van der Waals surface area contributed by atoms with Crippen molar-refractivity contribution in [2.75, 3.05) is 7.11 Å². The van der Waals surface area contributed by atoms with Gasteiger partial charge in [-0.15, -0.1) is 0 Å². The van der Waals surface area contributed by atoms with Crippen molar-refractivity contribution in [3.05, 3.63) is 22.7 Å². The lowest BCUT2D eigenvalue weighted by molar-refractivity contribution is -0.137. The lowest BCUT2D eigenvalue weighted by Gasteiger charge is -2.14. The van der Waals surface area contributed by atoms with E-state index in [2.05, 4.69) is 0 Å². The summed E-state index contributed by atoms with van der Waals surface area (Å²) in [5.74, 6) is -1.13. The summed E-state index contributed by atoms with van der Waals surface area (Å²) in [6, 6.07) is 3.18. The van der Waals surface area contributed by atoms with Gasteiger partial charge in [-0.05, 0) is 12.0 Å². The Morgan fingerprint density at radius 3 is 2.69 bits per heavy atom. The van der Waals surface area contributed by atoms with Gasteiger partial charge in [-0.25, -0.2) is 0 Å². The molecule has 0 bridgehead atoms. The van der Waals surface area contributed by atoms with Crippen LogP contribution in [0.5, 0.6) is 11.5 Å². The van der Waals surface area contributed by atoms with Crippen LogP contribution in [0.2, 0.25) is 5.02 Å². The average Bonchev–Trinajstić information content (AvgIpc) is 2.17. The van der Waals surface area contributed by atoms with E-state index in [1.807, 2.05) is 0 Å². The third kappa shape index (κ3) is 2.58. The number of benzene rings is 1. The summed E-state index contributed by atoms with van der Waals surface area (Å²) in [5.41, 5.74) is 0.517. The summed E-state index contributed by atoms with van der Waals surface area (Å²) < 4.78 is 4.94. The van der Waals surface area contributed by atoms with Gasteiger partial charge in [-0.3, -0.25) is 4.79 Å². The van der Waals surface area contributed by atoms with E-state index in [0.717, 1.165) is 0 Å². The van der Waals surface area contributed by atoms with Gasteiger partial charge >= 0.3 is 5.97 Å². The molecule has 0 aromatic heterocycles. The van der Waals surface area contributed by atoms with E-state index in [1.165, 1.54) is 7.11 Å². The van der Waals surface area contributed by atoms with Gasteiger partial charge in [0.15, 0.2) is 11.5 Å². The highest BCUT2D eigenvalue weighted by Crippen LogP contribution is 2.40.